The molecule has 0 unspecified atom stereocenters. The maximum atomic E-state index is 6.00. The number of unbranched alkanes of at least 4 members (excludes halogenated alkanes) is 6. The van der Waals surface area contributed by atoms with Gasteiger partial charge in [-0.05, 0) is 91.1 Å². The molecule has 0 aliphatic carbocycles. The van der Waals surface area contributed by atoms with Crippen LogP contribution in [0, 0.1) is 0 Å². The van der Waals surface area contributed by atoms with Crippen LogP contribution in [0.4, 0.5) is 22.7 Å². The monoisotopic (exact) mass is 626 g/mol. The van der Waals surface area contributed by atoms with Crippen LogP contribution in [0.3, 0.4) is 0 Å². The van der Waals surface area contributed by atoms with Gasteiger partial charge in [0.2, 0.25) is 0 Å². The van der Waals surface area contributed by atoms with E-state index in [0.717, 1.165) is 70.0 Å². The van der Waals surface area contributed by atoms with Crippen molar-refractivity contribution >= 4 is 33.5 Å². The van der Waals surface area contributed by atoms with Crippen molar-refractivity contribution in [2.45, 2.75) is 78.2 Å². The Morgan fingerprint density at radius 3 is 1.57 bits per heavy atom. The average Bonchev–Trinajstić information content (AvgIpc) is 3.12. The molecule has 0 saturated heterocycles. The molecule has 0 N–H and O–H groups in total. The fourth-order valence-electron chi connectivity index (χ4n) is 5.33. The molecule has 6 heteroatoms. The molecular weight excluding hydrogens is 580 g/mol. The van der Waals surface area contributed by atoms with Gasteiger partial charge in [-0.2, -0.15) is 10.2 Å². The molecule has 0 aromatic heterocycles. The van der Waals surface area contributed by atoms with E-state index in [1.54, 1.807) is 0 Å². The quantitative estimate of drug-likeness (QED) is 0.0717. The molecule has 0 amide bonds. The highest BCUT2D eigenvalue weighted by Gasteiger charge is 2.06. The predicted octanol–water partition coefficient (Wildman–Crippen LogP) is 13.3. The smallest absolute Gasteiger partial charge is 0.119 e. The van der Waals surface area contributed by atoms with Crippen molar-refractivity contribution in [3.63, 3.8) is 0 Å². The van der Waals surface area contributed by atoms with Gasteiger partial charge in [-0.1, -0.05) is 101 Å². The molecule has 0 aliphatic heterocycles. The van der Waals surface area contributed by atoms with E-state index < -0.39 is 0 Å². The van der Waals surface area contributed by atoms with E-state index in [9.17, 15) is 0 Å². The molecule has 47 heavy (non-hydrogen) atoms. The summed E-state index contributed by atoms with van der Waals surface area (Å²) >= 11 is 0. The zero-order valence-corrected chi connectivity index (χ0v) is 27.8. The number of rotatable bonds is 18. The Kier molecular flexibility index (Phi) is 13.1. The fraction of sp³-hybridized carbons (Fsp3) is 0.317. The third kappa shape index (κ3) is 10.6. The Morgan fingerprint density at radius 1 is 0.447 bits per heavy atom. The Labute approximate surface area is 279 Å². The Balaban J connectivity index is 1.14. The number of hydrogen-bond donors (Lipinski definition) is 0. The van der Waals surface area contributed by atoms with E-state index in [1.165, 1.54) is 50.5 Å². The van der Waals surface area contributed by atoms with E-state index in [0.29, 0.717) is 6.61 Å². The van der Waals surface area contributed by atoms with Crippen LogP contribution < -0.4 is 9.47 Å². The summed E-state index contributed by atoms with van der Waals surface area (Å²) in [5, 5.41) is 20.1. The van der Waals surface area contributed by atoms with Crippen LogP contribution in [0.1, 0.15) is 76.3 Å². The molecule has 5 aromatic carbocycles. The van der Waals surface area contributed by atoms with Gasteiger partial charge in [-0.3, -0.25) is 0 Å². The van der Waals surface area contributed by atoms with Crippen molar-refractivity contribution in [2.75, 3.05) is 6.61 Å². The van der Waals surface area contributed by atoms with Crippen LogP contribution in [0.2, 0.25) is 0 Å². The molecule has 0 saturated carbocycles. The molecule has 0 atom stereocenters. The maximum Gasteiger partial charge on any atom is 0.119 e. The lowest BCUT2D eigenvalue weighted by Gasteiger charge is -2.09. The second kappa shape index (κ2) is 18.3. The highest BCUT2D eigenvalue weighted by molar-refractivity contribution is 5.99. The summed E-state index contributed by atoms with van der Waals surface area (Å²) in [6, 6.07) is 36.2. The Morgan fingerprint density at radius 2 is 0.957 bits per heavy atom. The van der Waals surface area contributed by atoms with Crippen LogP contribution in [0.5, 0.6) is 11.5 Å². The molecular formula is C41H46N4O2. The van der Waals surface area contributed by atoms with Gasteiger partial charge in [-0.25, -0.2) is 0 Å². The van der Waals surface area contributed by atoms with Crippen molar-refractivity contribution in [3.05, 3.63) is 120 Å². The third-order valence-electron chi connectivity index (χ3n) is 8.11. The first-order chi connectivity index (χ1) is 23.2. The van der Waals surface area contributed by atoms with E-state index >= 15 is 0 Å². The zero-order valence-electron chi connectivity index (χ0n) is 27.8. The molecule has 6 nitrogen and oxygen atoms in total. The summed E-state index contributed by atoms with van der Waals surface area (Å²) in [4.78, 5) is 0. The van der Waals surface area contributed by atoms with Crippen LogP contribution in [-0.2, 0) is 13.0 Å². The Hall–Kier alpha value is -4.84. The SMILES string of the molecule is CCCCCCCOc1ccc(COc2ccc(/N=N/c3ccc(/N=N/c4ccc(CCCCC)cc4)c4ccccc34)cc2)cc1. The zero-order chi connectivity index (χ0) is 32.5. The number of hydrogen-bond acceptors (Lipinski definition) is 6. The van der Waals surface area contributed by atoms with Crippen molar-refractivity contribution < 1.29 is 9.47 Å². The summed E-state index contributed by atoms with van der Waals surface area (Å²) in [5.74, 6) is 1.69. The Bertz CT molecular complexity index is 1710. The molecule has 0 aliphatic rings. The van der Waals surface area contributed by atoms with Gasteiger partial charge in [0.15, 0.2) is 0 Å². The maximum absolute atomic E-state index is 6.00. The van der Waals surface area contributed by atoms with Crippen LogP contribution in [-0.4, -0.2) is 6.61 Å². The molecule has 5 aromatic rings. The first-order valence-corrected chi connectivity index (χ1v) is 17.1. The van der Waals surface area contributed by atoms with Gasteiger partial charge in [0.25, 0.3) is 0 Å². The van der Waals surface area contributed by atoms with E-state index in [-0.39, 0.29) is 0 Å². The minimum Gasteiger partial charge on any atom is -0.494 e. The van der Waals surface area contributed by atoms with Crippen LogP contribution >= 0.6 is 0 Å². The van der Waals surface area contributed by atoms with E-state index in [2.05, 4.69) is 58.6 Å². The summed E-state index contributed by atoms with van der Waals surface area (Å²) in [5.41, 5.74) is 5.60. The van der Waals surface area contributed by atoms with Gasteiger partial charge >= 0.3 is 0 Å². The van der Waals surface area contributed by atoms with Crippen molar-refractivity contribution in [1.82, 2.24) is 0 Å². The summed E-state index contributed by atoms with van der Waals surface area (Å²) in [6.45, 7) is 5.72. The summed E-state index contributed by atoms with van der Waals surface area (Å²) in [6.07, 6.45) is 11.0. The average molecular weight is 627 g/mol. The topological polar surface area (TPSA) is 67.9 Å². The van der Waals surface area contributed by atoms with E-state index in [1.807, 2.05) is 84.9 Å². The van der Waals surface area contributed by atoms with Gasteiger partial charge in [-0.15, -0.1) is 10.2 Å². The molecule has 0 spiro atoms. The highest BCUT2D eigenvalue weighted by Crippen LogP contribution is 2.35. The second-order valence-corrected chi connectivity index (χ2v) is 11.9. The lowest BCUT2D eigenvalue weighted by Crippen LogP contribution is -1.98. The van der Waals surface area contributed by atoms with Crippen molar-refractivity contribution in [1.29, 1.82) is 0 Å². The lowest BCUT2D eigenvalue weighted by atomic mass is 10.1. The summed E-state index contributed by atoms with van der Waals surface area (Å²) in [7, 11) is 0. The minimum atomic E-state index is 0.484. The number of benzene rings is 5. The molecule has 0 radical (unpaired) electrons. The highest BCUT2D eigenvalue weighted by atomic mass is 16.5. The fourth-order valence-corrected chi connectivity index (χ4v) is 5.33. The number of azo groups is 2. The number of ether oxygens (including phenoxy) is 2. The van der Waals surface area contributed by atoms with Crippen molar-refractivity contribution in [2.24, 2.45) is 20.5 Å². The number of fused-ring (bicyclic) bond motifs is 1. The second-order valence-electron chi connectivity index (χ2n) is 11.9. The van der Waals surface area contributed by atoms with Crippen molar-refractivity contribution in [3.8, 4) is 11.5 Å². The number of aryl methyl sites for hydroxylation is 1. The minimum absolute atomic E-state index is 0.484. The standard InChI is InChI=1S/C41H46N4O2/c1-3-5-7-8-12-30-46-36-24-18-33(19-25-36)31-47-37-26-22-35(23-27-37)43-45-41-29-28-40(38-14-10-11-15-39(38)41)44-42-34-20-16-32(17-21-34)13-9-6-4-2/h10-11,14-29H,3-9,12-13,30-31H2,1-2H3/b44-42+,45-43+. The molecule has 0 bridgehead atoms. The van der Waals surface area contributed by atoms with Gasteiger partial charge in [0.05, 0.1) is 29.4 Å². The van der Waals surface area contributed by atoms with E-state index in [4.69, 9.17) is 9.47 Å². The predicted molar refractivity (Wildman–Crippen MR) is 193 cm³/mol. The summed E-state index contributed by atoms with van der Waals surface area (Å²) < 4.78 is 11.9. The first-order valence-electron chi connectivity index (χ1n) is 17.1. The number of nitrogens with zero attached hydrogens (tertiary/aromatic N) is 4. The molecule has 242 valence electrons. The van der Waals surface area contributed by atoms with Crippen LogP contribution in [0.25, 0.3) is 10.8 Å². The normalized spacial score (nSPS) is 11.5. The molecule has 0 heterocycles. The van der Waals surface area contributed by atoms with Gasteiger partial charge in [0.1, 0.15) is 18.1 Å². The first kappa shape index (κ1) is 33.5. The largest absolute Gasteiger partial charge is 0.494 e. The van der Waals surface area contributed by atoms with Crippen LogP contribution in [0.15, 0.2) is 130 Å². The van der Waals surface area contributed by atoms with Gasteiger partial charge in [0, 0.05) is 10.8 Å². The molecule has 0 fully saturated rings. The lowest BCUT2D eigenvalue weighted by molar-refractivity contribution is 0.300. The molecule has 5 rings (SSSR count). The van der Waals surface area contributed by atoms with Gasteiger partial charge < -0.3 is 9.47 Å². The third-order valence-corrected chi connectivity index (χ3v) is 8.11.